The summed E-state index contributed by atoms with van der Waals surface area (Å²) < 4.78 is 2.00. The zero-order chi connectivity index (χ0) is 14.7. The second kappa shape index (κ2) is 6.41. The van der Waals surface area contributed by atoms with Crippen molar-refractivity contribution in [1.29, 1.82) is 0 Å². The van der Waals surface area contributed by atoms with E-state index < -0.39 is 0 Å². The van der Waals surface area contributed by atoms with E-state index in [1.54, 1.807) is 0 Å². The number of nitrogens with one attached hydrogen (secondary N) is 1. The molecular weight excluding hydrogens is 260 g/mol. The van der Waals surface area contributed by atoms with Crippen LogP contribution in [0.5, 0.6) is 0 Å². The number of hydrogen-bond donors (Lipinski definition) is 2. The van der Waals surface area contributed by atoms with Gasteiger partial charge in [0.1, 0.15) is 0 Å². The van der Waals surface area contributed by atoms with Crippen molar-refractivity contribution in [3.8, 4) is 5.69 Å². The third kappa shape index (κ3) is 3.01. The third-order valence-electron chi connectivity index (χ3n) is 4.70. The van der Waals surface area contributed by atoms with Crippen LogP contribution < -0.4 is 11.3 Å². The van der Waals surface area contributed by atoms with Gasteiger partial charge in [-0.15, -0.1) is 0 Å². The van der Waals surface area contributed by atoms with E-state index >= 15 is 0 Å². The third-order valence-corrected chi connectivity index (χ3v) is 4.70. The van der Waals surface area contributed by atoms with E-state index in [0.717, 1.165) is 17.3 Å². The van der Waals surface area contributed by atoms with Gasteiger partial charge in [0.05, 0.1) is 17.4 Å². The minimum absolute atomic E-state index is 0.167. The van der Waals surface area contributed by atoms with Crippen LogP contribution in [0.1, 0.15) is 44.3 Å². The van der Waals surface area contributed by atoms with Gasteiger partial charge in [-0.2, -0.15) is 5.10 Å². The molecule has 1 heterocycles. The molecule has 0 spiro atoms. The van der Waals surface area contributed by atoms with Gasteiger partial charge in [-0.3, -0.25) is 11.3 Å². The number of benzene rings is 1. The van der Waals surface area contributed by atoms with Crippen LogP contribution >= 0.6 is 0 Å². The molecule has 1 aromatic carbocycles. The minimum atomic E-state index is 0.167. The number of para-hydroxylation sites is 1. The Hall–Kier alpha value is -1.65. The number of aromatic nitrogens is 2. The van der Waals surface area contributed by atoms with E-state index in [4.69, 9.17) is 5.84 Å². The lowest BCUT2D eigenvalue weighted by atomic mass is 9.78. The molecule has 1 aliphatic rings. The van der Waals surface area contributed by atoms with Crippen molar-refractivity contribution in [2.45, 2.75) is 38.6 Å². The molecular formula is C17H24N4. The molecule has 3 N–H and O–H groups in total. The molecule has 3 rings (SSSR count). The second-order valence-electron chi connectivity index (χ2n) is 6.17. The van der Waals surface area contributed by atoms with Crippen molar-refractivity contribution in [3.05, 3.63) is 48.3 Å². The molecule has 1 unspecified atom stereocenters. The summed E-state index contributed by atoms with van der Waals surface area (Å²) in [6, 6.07) is 12.5. The normalized spacial score (nSPS) is 23.9. The number of hydrogen-bond acceptors (Lipinski definition) is 3. The van der Waals surface area contributed by atoms with E-state index in [2.05, 4.69) is 35.6 Å². The summed E-state index contributed by atoms with van der Waals surface area (Å²) in [6.07, 6.45) is 6.91. The average Bonchev–Trinajstić information content (AvgIpc) is 3.00. The largest absolute Gasteiger partial charge is 0.271 e. The Balaban J connectivity index is 1.87. The minimum Gasteiger partial charge on any atom is -0.271 e. The summed E-state index contributed by atoms with van der Waals surface area (Å²) in [5.74, 6) is 7.32. The highest BCUT2D eigenvalue weighted by molar-refractivity contribution is 5.33. The van der Waals surface area contributed by atoms with Gasteiger partial charge < -0.3 is 0 Å². The first-order chi connectivity index (χ1) is 10.3. The summed E-state index contributed by atoms with van der Waals surface area (Å²) in [5, 5.41) is 4.49. The van der Waals surface area contributed by atoms with Gasteiger partial charge in [-0.25, -0.2) is 4.68 Å². The Morgan fingerprint density at radius 3 is 2.52 bits per heavy atom. The van der Waals surface area contributed by atoms with Crippen molar-refractivity contribution in [2.24, 2.45) is 17.7 Å². The van der Waals surface area contributed by atoms with Gasteiger partial charge in [0.2, 0.25) is 0 Å². The number of nitrogens with zero attached hydrogens (tertiary/aromatic N) is 2. The summed E-state index contributed by atoms with van der Waals surface area (Å²) in [4.78, 5) is 0. The molecule has 4 heteroatoms. The van der Waals surface area contributed by atoms with E-state index in [0.29, 0.717) is 5.92 Å². The molecule has 21 heavy (non-hydrogen) atoms. The number of nitrogens with two attached hydrogens (primary N) is 1. The van der Waals surface area contributed by atoms with Gasteiger partial charge in [0, 0.05) is 6.20 Å². The molecule has 1 aromatic heterocycles. The fraction of sp³-hybridized carbons (Fsp3) is 0.471. The number of hydrazine groups is 1. The molecule has 0 aliphatic heterocycles. The fourth-order valence-electron chi connectivity index (χ4n) is 3.42. The van der Waals surface area contributed by atoms with Crippen molar-refractivity contribution >= 4 is 0 Å². The van der Waals surface area contributed by atoms with Crippen LogP contribution in [0.15, 0.2) is 42.6 Å². The first kappa shape index (κ1) is 14.3. The lowest BCUT2D eigenvalue weighted by Crippen LogP contribution is -2.36. The van der Waals surface area contributed by atoms with Crippen LogP contribution in [0.25, 0.3) is 5.69 Å². The maximum atomic E-state index is 5.89. The van der Waals surface area contributed by atoms with Crippen LogP contribution in [-0.2, 0) is 0 Å². The van der Waals surface area contributed by atoms with E-state index in [9.17, 15) is 0 Å². The summed E-state index contributed by atoms with van der Waals surface area (Å²) in [6.45, 7) is 2.34. The van der Waals surface area contributed by atoms with Gasteiger partial charge in [-0.1, -0.05) is 38.0 Å². The molecule has 0 saturated heterocycles. The summed E-state index contributed by atoms with van der Waals surface area (Å²) in [5.41, 5.74) is 5.28. The van der Waals surface area contributed by atoms with Crippen LogP contribution in [0, 0.1) is 11.8 Å². The summed E-state index contributed by atoms with van der Waals surface area (Å²) >= 11 is 0. The van der Waals surface area contributed by atoms with Crippen LogP contribution in [0.2, 0.25) is 0 Å². The lowest BCUT2D eigenvalue weighted by Gasteiger charge is -2.32. The highest BCUT2D eigenvalue weighted by Gasteiger charge is 2.28. The van der Waals surface area contributed by atoms with Crippen LogP contribution in [0.4, 0.5) is 0 Å². The van der Waals surface area contributed by atoms with E-state index in [1.165, 1.54) is 25.7 Å². The zero-order valence-corrected chi connectivity index (χ0v) is 12.6. The summed E-state index contributed by atoms with van der Waals surface area (Å²) in [7, 11) is 0. The smallest absolute Gasteiger partial charge is 0.0661 e. The average molecular weight is 284 g/mol. The molecule has 1 fully saturated rings. The molecule has 0 bridgehead atoms. The molecule has 1 aliphatic carbocycles. The van der Waals surface area contributed by atoms with Crippen molar-refractivity contribution < 1.29 is 0 Å². The first-order valence-electron chi connectivity index (χ1n) is 7.85. The Morgan fingerprint density at radius 2 is 1.86 bits per heavy atom. The second-order valence-corrected chi connectivity index (χ2v) is 6.17. The molecule has 2 aromatic rings. The Kier molecular flexibility index (Phi) is 4.36. The maximum absolute atomic E-state index is 5.89. The first-order valence-corrected chi connectivity index (χ1v) is 7.85. The standard InChI is InChI=1S/C17H24N4/c1-13-7-9-14(10-8-13)17(20-18)16-11-12-19-21(16)15-5-3-2-4-6-15/h2-6,11-14,17,20H,7-10,18H2,1H3. The predicted molar refractivity (Wildman–Crippen MR) is 84.8 cm³/mol. The molecule has 112 valence electrons. The fourth-order valence-corrected chi connectivity index (χ4v) is 3.42. The maximum Gasteiger partial charge on any atom is 0.0661 e. The quantitative estimate of drug-likeness (QED) is 0.669. The Morgan fingerprint density at radius 1 is 1.14 bits per heavy atom. The molecule has 1 saturated carbocycles. The van der Waals surface area contributed by atoms with Gasteiger partial charge in [0.25, 0.3) is 0 Å². The van der Waals surface area contributed by atoms with Crippen molar-refractivity contribution in [1.82, 2.24) is 15.2 Å². The lowest BCUT2D eigenvalue weighted by molar-refractivity contribution is 0.228. The Labute approximate surface area is 126 Å². The topological polar surface area (TPSA) is 55.9 Å². The molecule has 4 nitrogen and oxygen atoms in total. The monoisotopic (exact) mass is 284 g/mol. The van der Waals surface area contributed by atoms with Crippen LogP contribution in [-0.4, -0.2) is 9.78 Å². The van der Waals surface area contributed by atoms with Gasteiger partial charge in [0.15, 0.2) is 0 Å². The van der Waals surface area contributed by atoms with E-state index in [-0.39, 0.29) is 6.04 Å². The van der Waals surface area contributed by atoms with Gasteiger partial charge in [-0.05, 0) is 42.9 Å². The molecule has 0 amide bonds. The Bertz CT molecular complexity index is 555. The molecule has 0 radical (unpaired) electrons. The SMILES string of the molecule is CC1CCC(C(NN)c2ccnn2-c2ccccc2)CC1. The van der Waals surface area contributed by atoms with Crippen LogP contribution in [0.3, 0.4) is 0 Å². The highest BCUT2D eigenvalue weighted by Crippen LogP contribution is 2.36. The van der Waals surface area contributed by atoms with E-state index in [1.807, 2.05) is 29.1 Å². The molecule has 1 atom stereocenters. The van der Waals surface area contributed by atoms with Crippen molar-refractivity contribution in [3.63, 3.8) is 0 Å². The highest BCUT2D eigenvalue weighted by atomic mass is 15.3. The zero-order valence-electron chi connectivity index (χ0n) is 12.6. The number of rotatable bonds is 4. The van der Waals surface area contributed by atoms with Gasteiger partial charge >= 0.3 is 0 Å². The predicted octanol–water partition coefficient (Wildman–Crippen LogP) is 3.20. The van der Waals surface area contributed by atoms with Crippen molar-refractivity contribution in [2.75, 3.05) is 0 Å².